The Morgan fingerprint density at radius 3 is 2.38 bits per heavy atom. The van der Waals surface area contributed by atoms with Crippen molar-refractivity contribution in [1.29, 1.82) is 0 Å². The van der Waals surface area contributed by atoms with Gasteiger partial charge in [0.25, 0.3) is 5.91 Å². The Kier molecular flexibility index (Phi) is 5.88. The van der Waals surface area contributed by atoms with E-state index >= 15 is 0 Å². The average molecular weight is 427 g/mol. The molecule has 1 heterocycles. The SMILES string of the molecule is NCC1OC(c2ccccc2Cl)c2cc(Cl)ccc2N(Cc2ccccc2)C1=O. The van der Waals surface area contributed by atoms with Crippen LogP contribution in [-0.4, -0.2) is 18.6 Å². The van der Waals surface area contributed by atoms with Crippen molar-refractivity contribution in [2.75, 3.05) is 11.4 Å². The molecule has 6 heteroatoms. The predicted molar refractivity (Wildman–Crippen MR) is 116 cm³/mol. The second kappa shape index (κ2) is 8.56. The number of nitrogens with two attached hydrogens (primary N) is 1. The molecular formula is C23H20Cl2N2O2. The minimum Gasteiger partial charge on any atom is -0.354 e. The third-order valence-electron chi connectivity index (χ3n) is 4.99. The Bertz CT molecular complexity index is 1030. The number of hydrogen-bond acceptors (Lipinski definition) is 3. The van der Waals surface area contributed by atoms with E-state index in [0.29, 0.717) is 16.6 Å². The van der Waals surface area contributed by atoms with Crippen LogP contribution in [0.25, 0.3) is 0 Å². The molecule has 1 amide bonds. The van der Waals surface area contributed by atoms with Gasteiger partial charge >= 0.3 is 0 Å². The average Bonchev–Trinajstić information content (AvgIpc) is 2.84. The highest BCUT2D eigenvalue weighted by Crippen LogP contribution is 2.41. The van der Waals surface area contributed by atoms with E-state index in [1.54, 1.807) is 17.0 Å². The fourth-order valence-electron chi connectivity index (χ4n) is 3.58. The number of fused-ring (bicyclic) bond motifs is 1. The zero-order valence-electron chi connectivity index (χ0n) is 15.6. The Labute approximate surface area is 179 Å². The lowest BCUT2D eigenvalue weighted by molar-refractivity contribution is -0.131. The number of carbonyl (C=O) groups is 1. The van der Waals surface area contributed by atoms with Crippen molar-refractivity contribution in [2.45, 2.75) is 18.8 Å². The van der Waals surface area contributed by atoms with Crippen molar-refractivity contribution >= 4 is 34.8 Å². The summed E-state index contributed by atoms with van der Waals surface area (Å²) in [5.74, 6) is -0.186. The number of nitrogens with zero attached hydrogens (tertiary/aromatic N) is 1. The summed E-state index contributed by atoms with van der Waals surface area (Å²) in [4.78, 5) is 15.1. The second-order valence-corrected chi connectivity index (χ2v) is 7.72. The molecule has 4 nitrogen and oxygen atoms in total. The highest BCUT2D eigenvalue weighted by molar-refractivity contribution is 6.31. The van der Waals surface area contributed by atoms with Crippen molar-refractivity contribution in [3.63, 3.8) is 0 Å². The third kappa shape index (κ3) is 4.02. The van der Waals surface area contributed by atoms with Crippen LogP contribution in [0.4, 0.5) is 5.69 Å². The van der Waals surface area contributed by atoms with Crippen LogP contribution in [-0.2, 0) is 16.1 Å². The van der Waals surface area contributed by atoms with E-state index in [-0.39, 0.29) is 12.5 Å². The summed E-state index contributed by atoms with van der Waals surface area (Å²) in [6.45, 7) is 0.468. The Morgan fingerprint density at radius 1 is 0.931 bits per heavy atom. The van der Waals surface area contributed by atoms with Crippen LogP contribution in [0.2, 0.25) is 10.0 Å². The molecule has 3 aromatic rings. The van der Waals surface area contributed by atoms with Crippen LogP contribution in [0.3, 0.4) is 0 Å². The van der Waals surface area contributed by atoms with Crippen molar-refractivity contribution in [3.05, 3.63) is 99.5 Å². The molecule has 2 atom stereocenters. The number of ether oxygens (including phenoxy) is 1. The smallest absolute Gasteiger partial charge is 0.257 e. The van der Waals surface area contributed by atoms with Crippen LogP contribution in [0, 0.1) is 0 Å². The quantitative estimate of drug-likeness (QED) is 0.640. The molecule has 2 unspecified atom stereocenters. The number of benzene rings is 3. The summed E-state index contributed by atoms with van der Waals surface area (Å²) in [6, 6.07) is 22.7. The minimum atomic E-state index is -0.800. The molecule has 0 aliphatic carbocycles. The lowest BCUT2D eigenvalue weighted by Crippen LogP contribution is -2.42. The van der Waals surface area contributed by atoms with Crippen LogP contribution in [0.5, 0.6) is 0 Å². The first-order chi connectivity index (χ1) is 14.1. The van der Waals surface area contributed by atoms with E-state index < -0.39 is 12.2 Å². The first-order valence-electron chi connectivity index (χ1n) is 9.33. The largest absolute Gasteiger partial charge is 0.354 e. The van der Waals surface area contributed by atoms with Gasteiger partial charge in [0.2, 0.25) is 0 Å². The lowest BCUT2D eigenvalue weighted by atomic mass is 9.99. The molecule has 4 rings (SSSR count). The number of halogens is 2. The van der Waals surface area contributed by atoms with Crippen LogP contribution in [0.1, 0.15) is 22.8 Å². The normalized spacial score (nSPS) is 19.0. The molecule has 0 radical (unpaired) electrons. The van der Waals surface area contributed by atoms with Crippen molar-refractivity contribution in [3.8, 4) is 0 Å². The molecule has 2 N–H and O–H groups in total. The number of rotatable bonds is 4. The summed E-state index contributed by atoms with van der Waals surface area (Å²) < 4.78 is 6.23. The molecule has 0 aromatic heterocycles. The van der Waals surface area contributed by atoms with Crippen LogP contribution in [0.15, 0.2) is 72.8 Å². The summed E-state index contributed by atoms with van der Waals surface area (Å²) in [6.07, 6.45) is -1.36. The van der Waals surface area contributed by atoms with E-state index in [1.807, 2.05) is 60.7 Å². The maximum atomic E-state index is 13.3. The first kappa shape index (κ1) is 19.9. The monoisotopic (exact) mass is 426 g/mol. The molecule has 148 valence electrons. The Morgan fingerprint density at radius 2 is 1.66 bits per heavy atom. The molecule has 29 heavy (non-hydrogen) atoms. The standard InChI is InChI=1S/C23H20Cl2N2O2/c24-16-10-11-20-18(12-16)22(17-8-4-5-9-19(17)25)29-21(13-26)23(28)27(20)14-15-6-2-1-3-7-15/h1-12,21-22H,13-14,26H2. The van der Waals surface area contributed by atoms with Gasteiger partial charge in [0.1, 0.15) is 12.2 Å². The van der Waals surface area contributed by atoms with Gasteiger partial charge in [-0.15, -0.1) is 0 Å². The van der Waals surface area contributed by atoms with Gasteiger partial charge in [0.05, 0.1) is 12.2 Å². The topological polar surface area (TPSA) is 55.6 Å². The van der Waals surface area contributed by atoms with Crippen LogP contribution >= 0.6 is 23.2 Å². The van der Waals surface area contributed by atoms with Crippen LogP contribution < -0.4 is 10.6 Å². The number of anilines is 1. The van der Waals surface area contributed by atoms with Crippen molar-refractivity contribution in [2.24, 2.45) is 5.73 Å². The summed E-state index contributed by atoms with van der Waals surface area (Å²) in [5.41, 5.74) is 9.23. The maximum absolute atomic E-state index is 13.3. The molecule has 0 bridgehead atoms. The first-order valence-corrected chi connectivity index (χ1v) is 10.1. The molecular weight excluding hydrogens is 407 g/mol. The van der Waals surface area contributed by atoms with E-state index in [2.05, 4.69) is 0 Å². The second-order valence-electron chi connectivity index (χ2n) is 6.88. The molecule has 3 aromatic carbocycles. The van der Waals surface area contributed by atoms with E-state index in [4.69, 9.17) is 33.7 Å². The molecule has 1 aliphatic heterocycles. The zero-order valence-corrected chi connectivity index (χ0v) is 17.1. The van der Waals surface area contributed by atoms with Crippen molar-refractivity contribution in [1.82, 2.24) is 0 Å². The summed E-state index contributed by atoms with van der Waals surface area (Å²) in [5, 5.41) is 1.12. The van der Waals surface area contributed by atoms with E-state index in [9.17, 15) is 4.79 Å². The molecule has 1 aliphatic rings. The van der Waals surface area contributed by atoms with Gasteiger partial charge < -0.3 is 15.4 Å². The van der Waals surface area contributed by atoms with Gasteiger partial charge in [-0.2, -0.15) is 0 Å². The number of amides is 1. The van der Waals surface area contributed by atoms with E-state index in [1.165, 1.54) is 0 Å². The lowest BCUT2D eigenvalue weighted by Gasteiger charge is -2.25. The van der Waals surface area contributed by atoms with E-state index in [0.717, 1.165) is 22.4 Å². The number of carbonyl (C=O) groups excluding carboxylic acids is 1. The maximum Gasteiger partial charge on any atom is 0.257 e. The summed E-state index contributed by atoms with van der Waals surface area (Å²) in [7, 11) is 0. The molecule has 0 fully saturated rings. The molecule has 0 saturated heterocycles. The fraction of sp³-hybridized carbons (Fsp3) is 0.174. The third-order valence-corrected chi connectivity index (χ3v) is 5.57. The number of hydrogen-bond donors (Lipinski definition) is 1. The highest BCUT2D eigenvalue weighted by Gasteiger charge is 2.36. The minimum absolute atomic E-state index is 0.0623. The van der Waals surface area contributed by atoms with Gasteiger partial charge in [-0.1, -0.05) is 71.7 Å². The summed E-state index contributed by atoms with van der Waals surface area (Å²) >= 11 is 12.8. The van der Waals surface area contributed by atoms with Gasteiger partial charge in [-0.3, -0.25) is 4.79 Å². The Hall–Kier alpha value is -2.37. The van der Waals surface area contributed by atoms with Gasteiger partial charge in [-0.25, -0.2) is 0 Å². The highest BCUT2D eigenvalue weighted by atomic mass is 35.5. The fourth-order valence-corrected chi connectivity index (χ4v) is 4.00. The zero-order chi connectivity index (χ0) is 20.4. The Balaban J connectivity index is 1.87. The predicted octanol–water partition coefficient (Wildman–Crippen LogP) is 4.97. The van der Waals surface area contributed by atoms with Gasteiger partial charge in [0.15, 0.2) is 0 Å². The van der Waals surface area contributed by atoms with Crippen molar-refractivity contribution < 1.29 is 9.53 Å². The van der Waals surface area contributed by atoms with Gasteiger partial charge in [-0.05, 0) is 29.8 Å². The molecule has 0 saturated carbocycles. The molecule has 0 spiro atoms. The van der Waals surface area contributed by atoms with Gasteiger partial charge in [0, 0.05) is 27.7 Å².